The molecule has 1 saturated heterocycles. The van der Waals surface area contributed by atoms with Gasteiger partial charge in [-0.05, 0) is 12.8 Å². The van der Waals surface area contributed by atoms with Crippen LogP contribution in [0, 0.1) is 15.9 Å². The van der Waals surface area contributed by atoms with Gasteiger partial charge >= 0.3 is 5.97 Å². The predicted octanol–water partition coefficient (Wildman–Crippen LogP) is 1.18. The van der Waals surface area contributed by atoms with Gasteiger partial charge in [-0.15, -0.1) is 0 Å². The van der Waals surface area contributed by atoms with Crippen LogP contribution in [0.25, 0.3) is 0 Å². The number of aromatic nitrogens is 1. The summed E-state index contributed by atoms with van der Waals surface area (Å²) in [7, 11) is 0. The molecule has 0 saturated carbocycles. The van der Waals surface area contributed by atoms with Crippen LogP contribution in [-0.2, 0) is 4.79 Å². The lowest BCUT2D eigenvalue weighted by Gasteiger charge is -2.22. The third kappa shape index (κ3) is 2.08. The number of nitro groups is 1. The molecule has 18 heavy (non-hydrogen) atoms. The molecule has 7 nitrogen and oxygen atoms in total. The molecule has 1 aliphatic heterocycles. The van der Waals surface area contributed by atoms with E-state index in [4.69, 9.17) is 5.11 Å². The number of nitrogens with zero attached hydrogens (tertiary/aromatic N) is 3. The summed E-state index contributed by atoms with van der Waals surface area (Å²) in [5.41, 5.74) is -0.456. The van der Waals surface area contributed by atoms with E-state index in [-0.39, 0.29) is 5.82 Å². The van der Waals surface area contributed by atoms with E-state index >= 15 is 0 Å². The van der Waals surface area contributed by atoms with Crippen LogP contribution in [-0.4, -0.2) is 33.6 Å². The number of hydrogen-bond acceptors (Lipinski definition) is 5. The third-order valence-corrected chi connectivity index (χ3v) is 2.83. The molecule has 1 atom stereocenters. The smallest absolute Gasteiger partial charge is 0.326 e. The van der Waals surface area contributed by atoms with Gasteiger partial charge in [0, 0.05) is 6.54 Å². The van der Waals surface area contributed by atoms with Gasteiger partial charge in [-0.1, -0.05) is 0 Å². The standard InChI is InChI=1S/C10H10FN3O4/c11-7-4-6(14(17)18)5-12-9(7)13-3-1-2-8(13)10(15)16/h4-5,8H,1-3H2,(H,15,16)/t8-/m0/s1. The number of pyridine rings is 1. The topological polar surface area (TPSA) is 96.6 Å². The monoisotopic (exact) mass is 255 g/mol. The number of anilines is 1. The van der Waals surface area contributed by atoms with Crippen LogP contribution in [0.4, 0.5) is 15.9 Å². The fourth-order valence-corrected chi connectivity index (χ4v) is 2.01. The van der Waals surface area contributed by atoms with Crippen molar-refractivity contribution >= 4 is 17.5 Å². The Bertz CT molecular complexity index is 508. The maximum Gasteiger partial charge on any atom is 0.326 e. The van der Waals surface area contributed by atoms with Crippen molar-refractivity contribution in [2.24, 2.45) is 0 Å². The molecule has 2 rings (SSSR count). The Hall–Kier alpha value is -2.25. The van der Waals surface area contributed by atoms with Crippen LogP contribution in [0.2, 0.25) is 0 Å². The first-order valence-electron chi connectivity index (χ1n) is 5.30. The molecule has 1 N–H and O–H groups in total. The second kappa shape index (κ2) is 4.55. The van der Waals surface area contributed by atoms with Crippen molar-refractivity contribution in [3.63, 3.8) is 0 Å². The average molecular weight is 255 g/mol. The van der Waals surface area contributed by atoms with Crippen LogP contribution < -0.4 is 4.90 Å². The Balaban J connectivity index is 2.33. The molecule has 0 unspecified atom stereocenters. The van der Waals surface area contributed by atoms with Crippen molar-refractivity contribution in [3.8, 4) is 0 Å². The molecule has 96 valence electrons. The summed E-state index contributed by atoms with van der Waals surface area (Å²) in [4.78, 5) is 25.7. The molecule has 0 amide bonds. The largest absolute Gasteiger partial charge is 0.480 e. The van der Waals surface area contributed by atoms with Gasteiger partial charge < -0.3 is 10.0 Å². The Morgan fingerprint density at radius 3 is 2.94 bits per heavy atom. The molecule has 1 aromatic heterocycles. The van der Waals surface area contributed by atoms with Gasteiger partial charge in [0.15, 0.2) is 11.6 Å². The zero-order valence-corrected chi connectivity index (χ0v) is 9.24. The summed E-state index contributed by atoms with van der Waals surface area (Å²) < 4.78 is 13.7. The highest BCUT2D eigenvalue weighted by Crippen LogP contribution is 2.27. The van der Waals surface area contributed by atoms with Gasteiger partial charge in [-0.25, -0.2) is 14.2 Å². The zero-order valence-electron chi connectivity index (χ0n) is 9.24. The first kappa shape index (κ1) is 12.2. The molecule has 0 spiro atoms. The normalized spacial score (nSPS) is 18.9. The summed E-state index contributed by atoms with van der Waals surface area (Å²) >= 11 is 0. The predicted molar refractivity (Wildman–Crippen MR) is 58.9 cm³/mol. The highest BCUT2D eigenvalue weighted by atomic mass is 19.1. The molecule has 1 aliphatic rings. The second-order valence-corrected chi connectivity index (χ2v) is 3.95. The summed E-state index contributed by atoms with van der Waals surface area (Å²) in [5.74, 6) is -2.07. The molecule has 0 bridgehead atoms. The van der Waals surface area contributed by atoms with Gasteiger partial charge in [-0.2, -0.15) is 0 Å². The van der Waals surface area contributed by atoms with E-state index < -0.39 is 28.4 Å². The van der Waals surface area contributed by atoms with E-state index in [1.165, 1.54) is 4.90 Å². The lowest BCUT2D eigenvalue weighted by molar-refractivity contribution is -0.385. The number of hydrogen-bond donors (Lipinski definition) is 1. The molecule has 8 heteroatoms. The van der Waals surface area contributed by atoms with E-state index in [9.17, 15) is 19.3 Å². The lowest BCUT2D eigenvalue weighted by Crippen LogP contribution is -2.37. The summed E-state index contributed by atoms with van der Waals surface area (Å²) in [5, 5.41) is 19.4. The maximum absolute atomic E-state index is 13.7. The first-order valence-corrected chi connectivity index (χ1v) is 5.30. The highest BCUT2D eigenvalue weighted by Gasteiger charge is 2.33. The minimum absolute atomic E-state index is 0.148. The molecule has 0 aliphatic carbocycles. The summed E-state index contributed by atoms with van der Waals surface area (Å²) in [6.07, 6.45) is 1.96. The molecule has 2 heterocycles. The van der Waals surface area contributed by atoms with Crippen LogP contribution >= 0.6 is 0 Å². The molecule has 1 fully saturated rings. The zero-order chi connectivity index (χ0) is 13.3. The van der Waals surface area contributed by atoms with Gasteiger partial charge in [0.1, 0.15) is 12.2 Å². The fraction of sp³-hybridized carbons (Fsp3) is 0.400. The van der Waals surface area contributed by atoms with Crippen molar-refractivity contribution < 1.29 is 19.2 Å². The molecule has 0 radical (unpaired) electrons. The van der Waals surface area contributed by atoms with Crippen LogP contribution in [0.15, 0.2) is 12.3 Å². The molecule has 0 aromatic carbocycles. The number of rotatable bonds is 3. The summed E-state index contributed by atoms with van der Waals surface area (Å²) in [6, 6.07) is -0.0759. The number of carboxylic acid groups (broad SMARTS) is 1. The Morgan fingerprint density at radius 1 is 1.67 bits per heavy atom. The third-order valence-electron chi connectivity index (χ3n) is 2.83. The van der Waals surface area contributed by atoms with Crippen molar-refractivity contribution in [3.05, 3.63) is 28.2 Å². The minimum Gasteiger partial charge on any atom is -0.480 e. The van der Waals surface area contributed by atoms with E-state index in [2.05, 4.69) is 4.98 Å². The van der Waals surface area contributed by atoms with E-state index in [1.54, 1.807) is 0 Å². The number of carboxylic acids is 1. The lowest BCUT2D eigenvalue weighted by atomic mass is 10.2. The fourth-order valence-electron chi connectivity index (χ4n) is 2.01. The number of aliphatic carboxylic acids is 1. The number of halogens is 1. The Kier molecular flexibility index (Phi) is 3.09. The average Bonchev–Trinajstić information content (AvgIpc) is 2.77. The second-order valence-electron chi connectivity index (χ2n) is 3.95. The van der Waals surface area contributed by atoms with Gasteiger partial charge in [0.05, 0.1) is 11.0 Å². The highest BCUT2D eigenvalue weighted by molar-refractivity contribution is 5.78. The molecular weight excluding hydrogens is 245 g/mol. The minimum atomic E-state index is -1.05. The van der Waals surface area contributed by atoms with Crippen molar-refractivity contribution in [1.29, 1.82) is 0 Å². The Labute approximate surface area is 101 Å². The molecule has 1 aromatic rings. The summed E-state index contributed by atoms with van der Waals surface area (Å²) in [6.45, 7) is 0.374. The quantitative estimate of drug-likeness (QED) is 0.643. The van der Waals surface area contributed by atoms with E-state index in [1.807, 2.05) is 0 Å². The van der Waals surface area contributed by atoms with Crippen LogP contribution in [0.3, 0.4) is 0 Å². The van der Waals surface area contributed by atoms with Crippen LogP contribution in [0.1, 0.15) is 12.8 Å². The van der Waals surface area contributed by atoms with E-state index in [0.29, 0.717) is 19.4 Å². The van der Waals surface area contributed by atoms with Crippen LogP contribution in [0.5, 0.6) is 0 Å². The van der Waals surface area contributed by atoms with E-state index in [0.717, 1.165) is 12.3 Å². The van der Waals surface area contributed by atoms with Gasteiger partial charge in [0.2, 0.25) is 0 Å². The van der Waals surface area contributed by atoms with Crippen molar-refractivity contribution in [2.45, 2.75) is 18.9 Å². The van der Waals surface area contributed by atoms with Gasteiger partial charge in [0.25, 0.3) is 5.69 Å². The number of carbonyl (C=O) groups is 1. The van der Waals surface area contributed by atoms with Crippen molar-refractivity contribution in [1.82, 2.24) is 4.98 Å². The molecular formula is C10H10FN3O4. The maximum atomic E-state index is 13.7. The Morgan fingerprint density at radius 2 is 2.39 bits per heavy atom. The first-order chi connectivity index (χ1) is 8.50. The SMILES string of the molecule is O=C(O)[C@@H]1CCCN1c1ncc([N+](=O)[O-])cc1F. The van der Waals surface area contributed by atoms with Gasteiger partial charge in [-0.3, -0.25) is 10.1 Å². The van der Waals surface area contributed by atoms with Crippen molar-refractivity contribution in [2.75, 3.05) is 11.4 Å².